The fourth-order valence-corrected chi connectivity index (χ4v) is 4.13. The van der Waals surface area contributed by atoms with E-state index in [4.69, 9.17) is 5.73 Å². The van der Waals surface area contributed by atoms with Crippen LogP contribution in [-0.2, 0) is 0 Å². The number of aromatic nitrogens is 2. The van der Waals surface area contributed by atoms with Crippen molar-refractivity contribution in [2.24, 2.45) is 11.1 Å². The lowest BCUT2D eigenvalue weighted by molar-refractivity contribution is 0.0694. The van der Waals surface area contributed by atoms with Crippen LogP contribution in [0.5, 0.6) is 0 Å². The molecule has 0 radical (unpaired) electrons. The van der Waals surface area contributed by atoms with Gasteiger partial charge in [-0.15, -0.1) is 12.4 Å². The first-order chi connectivity index (χ1) is 14.6. The number of hydrogen-bond donors (Lipinski definition) is 4. The number of pyridine rings is 2. The Morgan fingerprint density at radius 1 is 1.47 bits per heavy atom. The summed E-state index contributed by atoms with van der Waals surface area (Å²) in [5.41, 5.74) is 4.69. The van der Waals surface area contributed by atoms with Gasteiger partial charge in [0.15, 0.2) is 11.6 Å². The number of carboxylic acid groups (broad SMARTS) is 1. The number of rotatable bonds is 7. The van der Waals surface area contributed by atoms with Crippen molar-refractivity contribution in [2.45, 2.75) is 51.4 Å². The molecule has 1 saturated carbocycles. The van der Waals surface area contributed by atoms with E-state index in [1.807, 2.05) is 11.8 Å². The molecule has 3 unspecified atom stereocenters. The number of carbonyl (C=O) groups is 1. The maximum Gasteiger partial charge on any atom is 0.341 e. The van der Waals surface area contributed by atoms with Crippen molar-refractivity contribution in [1.29, 1.82) is 0 Å². The van der Waals surface area contributed by atoms with Gasteiger partial charge in [-0.25, -0.2) is 14.2 Å². The Labute approximate surface area is 190 Å². The minimum Gasteiger partial charge on any atom is -0.477 e. The first-order valence-electron chi connectivity index (χ1n) is 10.5. The molecule has 11 heteroatoms. The second kappa shape index (κ2) is 8.93. The number of nitrogens with one attached hydrogen (secondary N) is 1. The summed E-state index contributed by atoms with van der Waals surface area (Å²) in [4.78, 5) is 30.4. The molecule has 0 spiro atoms. The van der Waals surface area contributed by atoms with Crippen molar-refractivity contribution in [3.8, 4) is 0 Å². The highest BCUT2D eigenvalue weighted by atomic mass is 35.5. The smallest absolute Gasteiger partial charge is 0.341 e. The molecule has 0 aromatic carbocycles. The van der Waals surface area contributed by atoms with Gasteiger partial charge in [-0.05, 0) is 37.7 Å². The minimum atomic E-state index is -1.33. The quantitative estimate of drug-likeness (QED) is 0.448. The zero-order chi connectivity index (χ0) is 22.5. The molecule has 4 rings (SSSR count). The van der Waals surface area contributed by atoms with E-state index < -0.39 is 29.5 Å². The number of anilines is 1. The predicted octanol–water partition coefficient (Wildman–Crippen LogP) is 1.46. The van der Waals surface area contributed by atoms with E-state index in [1.165, 1.54) is 6.20 Å². The third kappa shape index (κ3) is 4.59. The lowest BCUT2D eigenvalue weighted by Gasteiger charge is -2.28. The SMILES string of the molecule is CC(N)C(O)NCC1(C)CCN(c2nc3c(cc2F)c(=O)c(C(=O)O)cn3C2CC2)C1.Cl. The van der Waals surface area contributed by atoms with Crippen LogP contribution in [0, 0.1) is 11.2 Å². The number of nitrogens with zero attached hydrogens (tertiary/aromatic N) is 3. The zero-order valence-electron chi connectivity index (χ0n) is 18.0. The van der Waals surface area contributed by atoms with Crippen molar-refractivity contribution in [3.05, 3.63) is 33.9 Å². The van der Waals surface area contributed by atoms with Gasteiger partial charge in [0.1, 0.15) is 17.4 Å². The predicted molar refractivity (Wildman–Crippen MR) is 121 cm³/mol. The number of carboxylic acids is 1. The highest BCUT2D eigenvalue weighted by Gasteiger charge is 2.36. The van der Waals surface area contributed by atoms with Crippen LogP contribution >= 0.6 is 12.4 Å². The molecule has 2 fully saturated rings. The van der Waals surface area contributed by atoms with Crippen molar-refractivity contribution < 1.29 is 19.4 Å². The molecule has 9 nitrogen and oxygen atoms in total. The van der Waals surface area contributed by atoms with Gasteiger partial charge in [0.2, 0.25) is 5.43 Å². The monoisotopic (exact) mass is 469 g/mol. The molecule has 2 aromatic heterocycles. The van der Waals surface area contributed by atoms with E-state index in [-0.39, 0.29) is 40.6 Å². The number of aromatic carboxylic acids is 1. The Balaban J connectivity index is 0.00000289. The molecule has 5 N–H and O–H groups in total. The van der Waals surface area contributed by atoms with Gasteiger partial charge in [0, 0.05) is 37.9 Å². The summed E-state index contributed by atoms with van der Waals surface area (Å²) in [7, 11) is 0. The van der Waals surface area contributed by atoms with Gasteiger partial charge < -0.3 is 25.4 Å². The maximum absolute atomic E-state index is 15.0. The molecule has 3 atom stereocenters. The van der Waals surface area contributed by atoms with Crippen molar-refractivity contribution >= 4 is 35.2 Å². The standard InChI is InChI=1S/C21H28FN5O4.ClH/c1-11(23)19(29)24-9-21(2)5-6-26(10-21)18-15(22)7-13-16(28)14(20(30)31)8-27(12-3-4-12)17(13)25-18;/h7-8,11-12,19,24,29H,3-6,9-10,23H2,1-2H3,(H,30,31);1H. The number of aliphatic hydroxyl groups excluding tert-OH is 1. The Kier molecular flexibility index (Phi) is 6.80. The van der Waals surface area contributed by atoms with Crippen LogP contribution in [0.2, 0.25) is 0 Å². The fraction of sp³-hybridized carbons (Fsp3) is 0.571. The van der Waals surface area contributed by atoms with Gasteiger partial charge >= 0.3 is 5.97 Å². The third-order valence-corrected chi connectivity index (χ3v) is 6.20. The van der Waals surface area contributed by atoms with Crippen molar-refractivity contribution in [3.63, 3.8) is 0 Å². The summed E-state index contributed by atoms with van der Waals surface area (Å²) in [6, 6.07) is 0.773. The second-order valence-electron chi connectivity index (χ2n) is 9.15. The Hall–Kier alpha value is -2.27. The van der Waals surface area contributed by atoms with Crippen LogP contribution in [0.1, 0.15) is 49.5 Å². The fourth-order valence-electron chi connectivity index (χ4n) is 4.13. The molecule has 1 aliphatic heterocycles. The highest BCUT2D eigenvalue weighted by molar-refractivity contribution is 5.92. The third-order valence-electron chi connectivity index (χ3n) is 6.20. The number of aliphatic hydroxyl groups is 1. The van der Waals surface area contributed by atoms with E-state index in [9.17, 15) is 19.8 Å². The first kappa shape index (κ1) is 24.4. The molecular weight excluding hydrogens is 441 g/mol. The minimum absolute atomic E-state index is 0. The molecule has 176 valence electrons. The van der Waals surface area contributed by atoms with E-state index in [2.05, 4.69) is 10.3 Å². The lowest BCUT2D eigenvalue weighted by atomic mass is 9.89. The van der Waals surface area contributed by atoms with E-state index in [0.29, 0.717) is 25.3 Å². The largest absolute Gasteiger partial charge is 0.477 e. The summed E-state index contributed by atoms with van der Waals surface area (Å²) in [6.45, 7) is 5.36. The van der Waals surface area contributed by atoms with Gasteiger partial charge in [0.25, 0.3) is 0 Å². The molecule has 0 bridgehead atoms. The molecule has 2 aliphatic rings. The van der Waals surface area contributed by atoms with Crippen LogP contribution in [0.3, 0.4) is 0 Å². The molecule has 2 aromatic rings. The Morgan fingerprint density at radius 3 is 2.75 bits per heavy atom. The van der Waals surface area contributed by atoms with Gasteiger partial charge in [0.05, 0.1) is 5.39 Å². The zero-order valence-corrected chi connectivity index (χ0v) is 18.9. The highest BCUT2D eigenvalue weighted by Crippen LogP contribution is 2.38. The van der Waals surface area contributed by atoms with Crippen molar-refractivity contribution in [1.82, 2.24) is 14.9 Å². The normalized spacial score (nSPS) is 22.6. The first-order valence-corrected chi connectivity index (χ1v) is 10.5. The summed E-state index contributed by atoms with van der Waals surface area (Å²) in [5, 5.41) is 22.3. The summed E-state index contributed by atoms with van der Waals surface area (Å²) < 4.78 is 16.7. The Bertz CT molecular complexity index is 1090. The van der Waals surface area contributed by atoms with E-state index in [0.717, 1.165) is 25.3 Å². The van der Waals surface area contributed by atoms with E-state index in [1.54, 1.807) is 11.5 Å². The van der Waals surface area contributed by atoms with E-state index >= 15 is 4.39 Å². The Morgan fingerprint density at radius 2 is 2.16 bits per heavy atom. The van der Waals surface area contributed by atoms with Gasteiger partial charge in [-0.1, -0.05) is 6.92 Å². The number of halogens is 2. The van der Waals surface area contributed by atoms with Gasteiger partial charge in [-0.2, -0.15) is 0 Å². The van der Waals surface area contributed by atoms with Crippen LogP contribution in [0.25, 0.3) is 11.0 Å². The molecule has 3 heterocycles. The summed E-state index contributed by atoms with van der Waals surface area (Å²) >= 11 is 0. The lowest BCUT2D eigenvalue weighted by Crippen LogP contribution is -2.47. The van der Waals surface area contributed by atoms with Crippen LogP contribution in [0.4, 0.5) is 10.2 Å². The number of fused-ring (bicyclic) bond motifs is 1. The topological polar surface area (TPSA) is 134 Å². The molecule has 0 amide bonds. The number of nitrogens with two attached hydrogens (primary N) is 1. The van der Waals surface area contributed by atoms with Crippen LogP contribution in [0.15, 0.2) is 17.1 Å². The molecule has 1 saturated heterocycles. The van der Waals surface area contributed by atoms with Crippen molar-refractivity contribution in [2.75, 3.05) is 24.5 Å². The average Bonchev–Trinajstić information content (AvgIpc) is 3.48. The van der Waals surface area contributed by atoms with Crippen LogP contribution < -0.4 is 21.4 Å². The second-order valence-corrected chi connectivity index (χ2v) is 9.15. The summed E-state index contributed by atoms with van der Waals surface area (Å²) in [5.74, 6) is -1.83. The molecular formula is C21H29ClFN5O4. The summed E-state index contributed by atoms with van der Waals surface area (Å²) in [6.07, 6.45) is 2.99. The molecule has 1 aliphatic carbocycles. The molecule has 32 heavy (non-hydrogen) atoms. The van der Waals surface area contributed by atoms with Gasteiger partial charge in [-0.3, -0.25) is 10.1 Å². The van der Waals surface area contributed by atoms with Crippen LogP contribution in [-0.4, -0.2) is 57.6 Å². The maximum atomic E-state index is 15.0. The number of hydrogen-bond acceptors (Lipinski definition) is 7. The average molecular weight is 470 g/mol.